The summed E-state index contributed by atoms with van der Waals surface area (Å²) in [5, 5.41) is 5.12. The molecule has 1 aliphatic heterocycles. The van der Waals surface area contributed by atoms with Crippen molar-refractivity contribution in [1.29, 1.82) is 0 Å². The van der Waals surface area contributed by atoms with Crippen LogP contribution >= 0.6 is 11.3 Å². The zero-order chi connectivity index (χ0) is 13.1. The zero-order valence-corrected chi connectivity index (χ0v) is 11.7. The van der Waals surface area contributed by atoms with Crippen LogP contribution in [0.2, 0.25) is 0 Å². The molecule has 19 heavy (non-hydrogen) atoms. The van der Waals surface area contributed by atoms with E-state index in [9.17, 15) is 4.79 Å². The van der Waals surface area contributed by atoms with Crippen molar-refractivity contribution in [2.24, 2.45) is 0 Å². The molecule has 2 aliphatic rings. The standard InChI is InChI=1S/C14H19NO3S/c16-14(9-11-2-1-7-19-11)15-10-3-4-12-13(8-10)18-6-5-17-12/h1-2,7,10,12-13H,3-6,8-9H2,(H,15,16)/t10-,12-,13-/m1/s1. The molecule has 0 bridgehead atoms. The van der Waals surface area contributed by atoms with Gasteiger partial charge in [-0.25, -0.2) is 0 Å². The fourth-order valence-electron chi connectivity index (χ4n) is 2.85. The third-order valence-electron chi connectivity index (χ3n) is 3.76. The second kappa shape index (κ2) is 6.03. The van der Waals surface area contributed by atoms with E-state index in [1.165, 1.54) is 0 Å². The molecule has 0 radical (unpaired) electrons. The molecule has 0 spiro atoms. The Balaban J connectivity index is 1.49. The van der Waals surface area contributed by atoms with Crippen LogP contribution < -0.4 is 5.32 Å². The van der Waals surface area contributed by atoms with Crippen LogP contribution in [-0.2, 0) is 20.7 Å². The first kappa shape index (κ1) is 13.1. The second-order valence-corrected chi connectivity index (χ2v) is 6.18. The van der Waals surface area contributed by atoms with Crippen LogP contribution in [0, 0.1) is 0 Å². The highest BCUT2D eigenvalue weighted by Gasteiger charge is 2.34. The molecule has 5 heteroatoms. The number of fused-ring (bicyclic) bond motifs is 1. The maximum absolute atomic E-state index is 12.0. The molecule has 4 nitrogen and oxygen atoms in total. The van der Waals surface area contributed by atoms with Crippen molar-refractivity contribution in [3.8, 4) is 0 Å². The van der Waals surface area contributed by atoms with Crippen molar-refractivity contribution >= 4 is 17.2 Å². The first-order valence-corrected chi connectivity index (χ1v) is 7.74. The Hall–Kier alpha value is -0.910. The fourth-order valence-corrected chi connectivity index (χ4v) is 3.55. The quantitative estimate of drug-likeness (QED) is 0.918. The molecule has 2 fully saturated rings. The van der Waals surface area contributed by atoms with E-state index in [4.69, 9.17) is 9.47 Å². The monoisotopic (exact) mass is 281 g/mol. The number of carbonyl (C=O) groups excluding carboxylic acids is 1. The van der Waals surface area contributed by atoms with Crippen LogP contribution in [0.1, 0.15) is 24.1 Å². The van der Waals surface area contributed by atoms with Crippen molar-refractivity contribution in [3.05, 3.63) is 22.4 Å². The maximum atomic E-state index is 12.0. The van der Waals surface area contributed by atoms with Gasteiger partial charge in [-0.05, 0) is 30.7 Å². The van der Waals surface area contributed by atoms with E-state index in [1.807, 2.05) is 17.5 Å². The van der Waals surface area contributed by atoms with Gasteiger partial charge in [-0.3, -0.25) is 4.79 Å². The Morgan fingerprint density at radius 1 is 1.32 bits per heavy atom. The topological polar surface area (TPSA) is 47.6 Å². The van der Waals surface area contributed by atoms with E-state index in [-0.39, 0.29) is 24.2 Å². The van der Waals surface area contributed by atoms with Crippen molar-refractivity contribution in [2.75, 3.05) is 13.2 Å². The van der Waals surface area contributed by atoms with Crippen LogP contribution in [0.5, 0.6) is 0 Å². The summed E-state index contributed by atoms with van der Waals surface area (Å²) in [6, 6.07) is 4.21. The van der Waals surface area contributed by atoms with E-state index >= 15 is 0 Å². The van der Waals surface area contributed by atoms with Gasteiger partial charge in [0.15, 0.2) is 0 Å². The Morgan fingerprint density at radius 3 is 2.95 bits per heavy atom. The van der Waals surface area contributed by atoms with Crippen molar-refractivity contribution in [1.82, 2.24) is 5.32 Å². The first-order valence-electron chi connectivity index (χ1n) is 6.86. The normalized spacial score (nSPS) is 30.6. The Kier molecular flexibility index (Phi) is 4.15. The molecule has 1 aromatic rings. The van der Waals surface area contributed by atoms with E-state index in [2.05, 4.69) is 5.32 Å². The summed E-state index contributed by atoms with van der Waals surface area (Å²) in [4.78, 5) is 13.1. The lowest BCUT2D eigenvalue weighted by atomic mass is 9.89. The van der Waals surface area contributed by atoms with Gasteiger partial charge < -0.3 is 14.8 Å². The minimum absolute atomic E-state index is 0.114. The Labute approximate surface area is 117 Å². The van der Waals surface area contributed by atoms with Crippen LogP contribution in [0.4, 0.5) is 0 Å². The second-order valence-electron chi connectivity index (χ2n) is 5.15. The minimum atomic E-state index is 0.114. The molecule has 1 amide bonds. The molecule has 1 saturated heterocycles. The molecule has 104 valence electrons. The minimum Gasteiger partial charge on any atom is -0.373 e. The zero-order valence-electron chi connectivity index (χ0n) is 10.8. The van der Waals surface area contributed by atoms with Crippen LogP contribution in [0.15, 0.2) is 17.5 Å². The summed E-state index contributed by atoms with van der Waals surface area (Å²) in [7, 11) is 0. The SMILES string of the molecule is O=C(Cc1cccs1)N[C@@H]1CC[C@H]2OCCO[C@@H]2C1. The molecule has 0 aromatic carbocycles. The average Bonchev–Trinajstić information content (AvgIpc) is 2.91. The number of hydrogen-bond acceptors (Lipinski definition) is 4. The lowest BCUT2D eigenvalue weighted by Crippen LogP contribution is -2.49. The summed E-state index contributed by atoms with van der Waals surface area (Å²) in [5.41, 5.74) is 0. The van der Waals surface area contributed by atoms with Crippen LogP contribution in [-0.4, -0.2) is 37.4 Å². The highest BCUT2D eigenvalue weighted by Crippen LogP contribution is 2.26. The summed E-state index contributed by atoms with van der Waals surface area (Å²) in [5.74, 6) is 0.114. The molecule has 3 rings (SSSR count). The lowest BCUT2D eigenvalue weighted by Gasteiger charge is -2.39. The van der Waals surface area contributed by atoms with E-state index in [0.717, 1.165) is 24.1 Å². The van der Waals surface area contributed by atoms with Gasteiger partial charge in [-0.1, -0.05) is 6.07 Å². The predicted octanol–water partition coefficient (Wildman–Crippen LogP) is 1.74. The van der Waals surface area contributed by atoms with Crippen LogP contribution in [0.3, 0.4) is 0 Å². The molecule has 0 unspecified atom stereocenters. The number of thiophene rings is 1. The third-order valence-corrected chi connectivity index (χ3v) is 4.63. The van der Waals surface area contributed by atoms with Gasteiger partial charge in [-0.15, -0.1) is 11.3 Å². The predicted molar refractivity (Wildman–Crippen MR) is 73.3 cm³/mol. The number of amides is 1. The number of rotatable bonds is 3. The Morgan fingerprint density at radius 2 is 2.16 bits per heavy atom. The van der Waals surface area contributed by atoms with Gasteiger partial charge in [0.05, 0.1) is 31.8 Å². The van der Waals surface area contributed by atoms with Crippen molar-refractivity contribution in [2.45, 2.75) is 43.9 Å². The molecular formula is C14H19NO3S. The number of nitrogens with one attached hydrogen (secondary N) is 1. The summed E-state index contributed by atoms with van der Waals surface area (Å²) in [6.07, 6.45) is 3.73. The molecule has 2 heterocycles. The Bertz CT molecular complexity index is 420. The van der Waals surface area contributed by atoms with Gasteiger partial charge in [0, 0.05) is 10.9 Å². The molecular weight excluding hydrogens is 262 g/mol. The maximum Gasteiger partial charge on any atom is 0.225 e. The highest BCUT2D eigenvalue weighted by molar-refractivity contribution is 7.10. The highest BCUT2D eigenvalue weighted by atomic mass is 32.1. The fraction of sp³-hybridized carbons (Fsp3) is 0.643. The van der Waals surface area contributed by atoms with E-state index in [1.54, 1.807) is 11.3 Å². The number of hydrogen-bond donors (Lipinski definition) is 1. The molecule has 3 atom stereocenters. The smallest absolute Gasteiger partial charge is 0.225 e. The number of ether oxygens (including phenoxy) is 2. The van der Waals surface area contributed by atoms with E-state index in [0.29, 0.717) is 19.6 Å². The van der Waals surface area contributed by atoms with E-state index < -0.39 is 0 Å². The first-order chi connectivity index (χ1) is 9.31. The summed E-state index contributed by atoms with van der Waals surface area (Å²) >= 11 is 1.63. The van der Waals surface area contributed by atoms with Gasteiger partial charge in [0.1, 0.15) is 0 Å². The lowest BCUT2D eigenvalue weighted by molar-refractivity contribution is -0.158. The van der Waals surface area contributed by atoms with Gasteiger partial charge >= 0.3 is 0 Å². The average molecular weight is 281 g/mol. The van der Waals surface area contributed by atoms with Gasteiger partial charge in [0.25, 0.3) is 0 Å². The molecule has 1 aliphatic carbocycles. The summed E-state index contributed by atoms with van der Waals surface area (Å²) in [6.45, 7) is 1.38. The van der Waals surface area contributed by atoms with Gasteiger partial charge in [0.2, 0.25) is 5.91 Å². The summed E-state index contributed by atoms with van der Waals surface area (Å²) < 4.78 is 11.4. The van der Waals surface area contributed by atoms with Crippen LogP contribution in [0.25, 0.3) is 0 Å². The third kappa shape index (κ3) is 3.35. The molecule has 1 saturated carbocycles. The van der Waals surface area contributed by atoms with Gasteiger partial charge in [-0.2, -0.15) is 0 Å². The number of carbonyl (C=O) groups is 1. The molecule has 1 N–H and O–H groups in total. The van der Waals surface area contributed by atoms with Crippen molar-refractivity contribution < 1.29 is 14.3 Å². The largest absolute Gasteiger partial charge is 0.373 e. The van der Waals surface area contributed by atoms with Crippen molar-refractivity contribution in [3.63, 3.8) is 0 Å². The molecule has 1 aromatic heterocycles.